The minimum absolute atomic E-state index is 0.208. The molecule has 1 N–H and O–H groups in total. The number of rotatable bonds is 5. The minimum atomic E-state index is -0.208. The molecular weight excluding hydrogens is 182 g/mol. The van der Waals surface area contributed by atoms with Crippen molar-refractivity contribution in [2.24, 2.45) is 0 Å². The molecule has 0 aliphatic rings. The lowest BCUT2D eigenvalue weighted by atomic mass is 10.2. The standard InChI is InChI=1S/C9H15N3O2/c1-3-4-5-6-10-9(13)8-7(2)11-14-12-8/h3-6H2,1-2H3,(H,10,13). The average Bonchev–Trinajstić information content (AvgIpc) is 2.59. The van der Waals surface area contributed by atoms with Gasteiger partial charge in [0.15, 0.2) is 5.69 Å². The fourth-order valence-electron chi connectivity index (χ4n) is 1.10. The van der Waals surface area contributed by atoms with E-state index in [9.17, 15) is 4.79 Å². The maximum absolute atomic E-state index is 11.4. The molecule has 5 heteroatoms. The predicted molar refractivity (Wildman–Crippen MR) is 50.9 cm³/mol. The van der Waals surface area contributed by atoms with Gasteiger partial charge in [-0.1, -0.05) is 24.9 Å². The Bertz CT molecular complexity index is 296. The van der Waals surface area contributed by atoms with Crippen LogP contribution in [0.3, 0.4) is 0 Å². The largest absolute Gasteiger partial charge is 0.351 e. The molecule has 78 valence electrons. The summed E-state index contributed by atoms with van der Waals surface area (Å²) in [5.41, 5.74) is 0.805. The third kappa shape index (κ3) is 2.83. The number of carbonyl (C=O) groups is 1. The molecule has 0 aliphatic heterocycles. The molecule has 0 aromatic carbocycles. The Hall–Kier alpha value is -1.39. The van der Waals surface area contributed by atoms with Crippen molar-refractivity contribution in [1.29, 1.82) is 0 Å². The van der Waals surface area contributed by atoms with E-state index < -0.39 is 0 Å². The van der Waals surface area contributed by atoms with Gasteiger partial charge in [0.25, 0.3) is 5.91 Å². The molecule has 1 aromatic heterocycles. The van der Waals surface area contributed by atoms with Crippen LogP contribution >= 0.6 is 0 Å². The van der Waals surface area contributed by atoms with E-state index in [2.05, 4.69) is 27.2 Å². The number of unbranched alkanes of at least 4 members (excludes halogenated alkanes) is 2. The van der Waals surface area contributed by atoms with E-state index in [1.807, 2.05) is 0 Å². The normalized spacial score (nSPS) is 10.1. The highest BCUT2D eigenvalue weighted by Gasteiger charge is 2.13. The zero-order valence-electron chi connectivity index (χ0n) is 8.54. The van der Waals surface area contributed by atoms with E-state index in [-0.39, 0.29) is 11.6 Å². The maximum Gasteiger partial charge on any atom is 0.275 e. The van der Waals surface area contributed by atoms with Gasteiger partial charge in [-0.15, -0.1) is 0 Å². The number of aromatic nitrogens is 2. The van der Waals surface area contributed by atoms with Gasteiger partial charge < -0.3 is 5.32 Å². The number of hydrogen-bond acceptors (Lipinski definition) is 4. The van der Waals surface area contributed by atoms with Crippen LogP contribution in [-0.4, -0.2) is 22.8 Å². The van der Waals surface area contributed by atoms with Gasteiger partial charge in [-0.3, -0.25) is 4.79 Å². The van der Waals surface area contributed by atoms with Gasteiger partial charge in [0.1, 0.15) is 5.69 Å². The van der Waals surface area contributed by atoms with Crippen molar-refractivity contribution >= 4 is 5.91 Å². The molecule has 0 fully saturated rings. The van der Waals surface area contributed by atoms with Crippen LogP contribution in [0, 0.1) is 6.92 Å². The summed E-state index contributed by atoms with van der Waals surface area (Å²) in [6.07, 6.45) is 3.25. The second kappa shape index (κ2) is 5.36. The Kier molecular flexibility index (Phi) is 4.10. The number of hydrogen-bond donors (Lipinski definition) is 1. The summed E-state index contributed by atoms with van der Waals surface area (Å²) in [7, 11) is 0. The Labute approximate surface area is 82.8 Å². The topological polar surface area (TPSA) is 68.0 Å². The first-order chi connectivity index (χ1) is 6.75. The maximum atomic E-state index is 11.4. The second-order valence-corrected chi connectivity index (χ2v) is 3.16. The lowest BCUT2D eigenvalue weighted by Gasteiger charge is -2.01. The quantitative estimate of drug-likeness (QED) is 0.722. The molecule has 0 saturated heterocycles. The van der Waals surface area contributed by atoms with Crippen LogP contribution in [0.5, 0.6) is 0 Å². The van der Waals surface area contributed by atoms with Crippen molar-refractivity contribution < 1.29 is 9.42 Å². The number of aryl methyl sites for hydroxylation is 1. The number of nitrogens with zero attached hydrogens (tertiary/aromatic N) is 2. The molecule has 5 nitrogen and oxygen atoms in total. The summed E-state index contributed by atoms with van der Waals surface area (Å²) in [4.78, 5) is 11.4. The molecule has 0 aliphatic carbocycles. The van der Waals surface area contributed by atoms with E-state index in [0.717, 1.165) is 19.3 Å². The van der Waals surface area contributed by atoms with Crippen LogP contribution in [-0.2, 0) is 0 Å². The summed E-state index contributed by atoms with van der Waals surface area (Å²) in [5.74, 6) is -0.208. The number of amides is 1. The van der Waals surface area contributed by atoms with E-state index in [4.69, 9.17) is 0 Å². The third-order valence-electron chi connectivity index (χ3n) is 1.93. The van der Waals surface area contributed by atoms with Gasteiger partial charge in [0, 0.05) is 6.54 Å². The van der Waals surface area contributed by atoms with E-state index >= 15 is 0 Å². The zero-order chi connectivity index (χ0) is 10.4. The Balaban J connectivity index is 2.32. The summed E-state index contributed by atoms with van der Waals surface area (Å²) < 4.78 is 4.43. The minimum Gasteiger partial charge on any atom is -0.351 e. The zero-order valence-corrected chi connectivity index (χ0v) is 8.54. The van der Waals surface area contributed by atoms with Gasteiger partial charge >= 0.3 is 0 Å². The highest BCUT2D eigenvalue weighted by atomic mass is 16.6. The van der Waals surface area contributed by atoms with Crippen LogP contribution in [0.25, 0.3) is 0 Å². The van der Waals surface area contributed by atoms with Gasteiger partial charge in [0.05, 0.1) is 0 Å². The highest BCUT2D eigenvalue weighted by Crippen LogP contribution is 2.00. The molecule has 0 saturated carbocycles. The molecule has 0 unspecified atom stereocenters. The fraction of sp³-hybridized carbons (Fsp3) is 0.667. The molecule has 0 atom stereocenters. The van der Waals surface area contributed by atoms with E-state index in [1.54, 1.807) is 6.92 Å². The van der Waals surface area contributed by atoms with Gasteiger partial charge in [-0.05, 0) is 18.5 Å². The van der Waals surface area contributed by atoms with Crippen molar-refractivity contribution in [2.75, 3.05) is 6.54 Å². The lowest BCUT2D eigenvalue weighted by Crippen LogP contribution is -2.25. The van der Waals surface area contributed by atoms with Crippen LogP contribution < -0.4 is 5.32 Å². The molecule has 0 radical (unpaired) electrons. The Morgan fingerprint density at radius 1 is 1.43 bits per heavy atom. The van der Waals surface area contributed by atoms with Crippen LogP contribution in [0.15, 0.2) is 4.63 Å². The second-order valence-electron chi connectivity index (χ2n) is 3.16. The monoisotopic (exact) mass is 197 g/mol. The summed E-state index contributed by atoms with van der Waals surface area (Å²) in [6, 6.07) is 0. The first-order valence-corrected chi connectivity index (χ1v) is 4.83. The Morgan fingerprint density at radius 2 is 2.21 bits per heavy atom. The molecular formula is C9H15N3O2. The number of carbonyl (C=O) groups excluding carboxylic acids is 1. The van der Waals surface area contributed by atoms with Crippen LogP contribution in [0.4, 0.5) is 0 Å². The summed E-state index contributed by atoms with van der Waals surface area (Å²) in [6.45, 7) is 4.49. The molecule has 1 rings (SSSR count). The van der Waals surface area contributed by atoms with Crippen LogP contribution in [0.2, 0.25) is 0 Å². The van der Waals surface area contributed by atoms with Gasteiger partial charge in [-0.2, -0.15) is 0 Å². The SMILES string of the molecule is CCCCCNC(=O)c1nonc1C. The predicted octanol–water partition coefficient (Wildman–Crippen LogP) is 1.30. The molecule has 1 heterocycles. The van der Waals surface area contributed by atoms with Crippen molar-refractivity contribution in [2.45, 2.75) is 33.1 Å². The Morgan fingerprint density at radius 3 is 2.79 bits per heavy atom. The lowest BCUT2D eigenvalue weighted by molar-refractivity contribution is 0.0942. The molecule has 1 amide bonds. The first-order valence-electron chi connectivity index (χ1n) is 4.83. The average molecular weight is 197 g/mol. The third-order valence-corrected chi connectivity index (χ3v) is 1.93. The van der Waals surface area contributed by atoms with Crippen LogP contribution in [0.1, 0.15) is 42.4 Å². The van der Waals surface area contributed by atoms with Crippen molar-refractivity contribution in [3.8, 4) is 0 Å². The van der Waals surface area contributed by atoms with Crippen molar-refractivity contribution in [3.63, 3.8) is 0 Å². The number of nitrogens with one attached hydrogen (secondary N) is 1. The van der Waals surface area contributed by atoms with Gasteiger partial charge in [0.2, 0.25) is 0 Å². The fourth-order valence-corrected chi connectivity index (χ4v) is 1.10. The smallest absolute Gasteiger partial charge is 0.275 e. The summed E-state index contributed by atoms with van der Waals surface area (Å²) in [5, 5.41) is 9.81. The molecule has 14 heavy (non-hydrogen) atoms. The van der Waals surface area contributed by atoms with E-state index in [0.29, 0.717) is 12.2 Å². The molecule has 1 aromatic rings. The first kappa shape index (κ1) is 10.7. The van der Waals surface area contributed by atoms with Crippen molar-refractivity contribution in [3.05, 3.63) is 11.4 Å². The molecule has 0 bridgehead atoms. The van der Waals surface area contributed by atoms with Crippen molar-refractivity contribution in [1.82, 2.24) is 15.6 Å². The summed E-state index contributed by atoms with van der Waals surface area (Å²) >= 11 is 0. The van der Waals surface area contributed by atoms with Gasteiger partial charge in [-0.25, -0.2) is 4.63 Å². The van der Waals surface area contributed by atoms with E-state index in [1.165, 1.54) is 0 Å². The highest BCUT2D eigenvalue weighted by molar-refractivity contribution is 5.92. The molecule has 0 spiro atoms.